The van der Waals surface area contributed by atoms with Gasteiger partial charge in [-0.15, -0.1) is 0 Å². The van der Waals surface area contributed by atoms with Crippen molar-refractivity contribution in [1.82, 2.24) is 0 Å². The Balaban J connectivity index is 2.07. The summed E-state index contributed by atoms with van der Waals surface area (Å²) in [7, 11) is -3.32. The highest BCUT2D eigenvalue weighted by Crippen LogP contribution is 2.43. The van der Waals surface area contributed by atoms with Gasteiger partial charge in [-0.25, -0.2) is 8.42 Å². The van der Waals surface area contributed by atoms with Crippen LogP contribution in [0.15, 0.2) is 23.2 Å². The van der Waals surface area contributed by atoms with Crippen LogP contribution in [0.2, 0.25) is 5.02 Å². The number of benzene rings is 1. The summed E-state index contributed by atoms with van der Waals surface area (Å²) in [5, 5.41) is -0.601. The molecule has 1 amide bonds. The molecule has 1 aromatic rings. The van der Waals surface area contributed by atoms with Crippen molar-refractivity contribution < 1.29 is 26.4 Å². The van der Waals surface area contributed by atoms with E-state index in [1.165, 1.54) is 11.0 Å². The third-order valence-electron chi connectivity index (χ3n) is 5.14. The Kier molecular flexibility index (Phi) is 6.27. The number of thioether (sulfide) groups is 1. The van der Waals surface area contributed by atoms with E-state index in [0.29, 0.717) is 12.8 Å². The fraction of sp³-hybridized carbons (Fsp3) is 0.556. The first-order valence-corrected chi connectivity index (χ1v) is 12.2. The number of amides is 1. The molecule has 0 spiro atoms. The Bertz CT molecular complexity index is 946. The predicted molar refractivity (Wildman–Crippen MR) is 109 cm³/mol. The number of fused-ring (bicyclic) bond motifs is 1. The van der Waals surface area contributed by atoms with Gasteiger partial charge in [0.25, 0.3) is 5.91 Å². The van der Waals surface area contributed by atoms with Crippen molar-refractivity contribution in [3.05, 3.63) is 28.8 Å². The molecule has 2 aliphatic rings. The lowest BCUT2D eigenvalue weighted by atomic mass is 10.0. The number of alkyl halides is 3. The van der Waals surface area contributed by atoms with Crippen LogP contribution in [0.1, 0.15) is 32.3 Å². The molecule has 160 valence electrons. The summed E-state index contributed by atoms with van der Waals surface area (Å²) >= 11 is 6.85. The lowest BCUT2D eigenvalue weighted by Crippen LogP contribution is -2.38. The van der Waals surface area contributed by atoms with Crippen LogP contribution in [0.25, 0.3) is 0 Å². The second kappa shape index (κ2) is 8.11. The van der Waals surface area contributed by atoms with Crippen LogP contribution < -0.4 is 4.90 Å². The van der Waals surface area contributed by atoms with Gasteiger partial charge in [0.2, 0.25) is 0 Å². The number of carbonyl (C=O) groups is 1. The van der Waals surface area contributed by atoms with Gasteiger partial charge in [0.15, 0.2) is 15.0 Å². The van der Waals surface area contributed by atoms with Crippen LogP contribution >= 0.6 is 23.4 Å². The van der Waals surface area contributed by atoms with Crippen molar-refractivity contribution in [2.75, 3.05) is 16.4 Å². The summed E-state index contributed by atoms with van der Waals surface area (Å²) in [5.74, 6) is -0.941. The molecule has 11 heteroatoms. The minimum absolute atomic E-state index is 0.100. The Morgan fingerprint density at radius 1 is 1.31 bits per heavy atom. The Morgan fingerprint density at radius 2 is 1.97 bits per heavy atom. The van der Waals surface area contributed by atoms with Crippen molar-refractivity contribution in [3.63, 3.8) is 0 Å². The van der Waals surface area contributed by atoms with E-state index >= 15 is 0 Å². The topological polar surface area (TPSA) is 66.8 Å². The summed E-state index contributed by atoms with van der Waals surface area (Å²) < 4.78 is 64.1. The monoisotopic (exact) mass is 468 g/mol. The van der Waals surface area contributed by atoms with Crippen LogP contribution in [0, 0.1) is 5.92 Å². The summed E-state index contributed by atoms with van der Waals surface area (Å²) in [6.45, 7) is 3.73. The third kappa shape index (κ3) is 4.59. The van der Waals surface area contributed by atoms with Crippen molar-refractivity contribution in [2.24, 2.45) is 10.9 Å². The Hall–Kier alpha value is -1.26. The van der Waals surface area contributed by atoms with E-state index in [0.717, 1.165) is 23.9 Å². The first-order valence-electron chi connectivity index (χ1n) is 9.12. The molecular weight excluding hydrogens is 449 g/mol. The maximum Gasteiger partial charge on any atom is 0.417 e. The average Bonchev–Trinajstić information content (AvgIpc) is 3.06. The molecule has 0 saturated carbocycles. The maximum absolute atomic E-state index is 13.3. The predicted octanol–water partition coefficient (Wildman–Crippen LogP) is 4.40. The Morgan fingerprint density at radius 3 is 2.55 bits per heavy atom. The number of nitrogens with zero attached hydrogens (tertiary/aromatic N) is 2. The standard InChI is InChI=1S/C18H20ClF3N2O3S2/c1-3-10(4-2)16(25)23-17-24(14-8-29(26,27)9-15(14)28-17)11-5-6-13(19)12(7-11)18(20,21)22/h5-7,10,14-15H,3-4,8-9H2,1-2H3/t14-,15+/m1/s1. The highest BCUT2D eigenvalue weighted by atomic mass is 35.5. The molecule has 0 radical (unpaired) electrons. The van der Waals surface area contributed by atoms with E-state index in [4.69, 9.17) is 11.6 Å². The zero-order valence-electron chi connectivity index (χ0n) is 15.7. The largest absolute Gasteiger partial charge is 0.417 e. The first-order chi connectivity index (χ1) is 13.5. The molecule has 0 N–H and O–H groups in total. The number of hydrogen-bond donors (Lipinski definition) is 0. The highest BCUT2D eigenvalue weighted by molar-refractivity contribution is 8.16. The number of halogens is 4. The fourth-order valence-corrected chi connectivity index (χ4v) is 7.71. The minimum atomic E-state index is -4.66. The maximum atomic E-state index is 13.3. The van der Waals surface area contributed by atoms with Crippen molar-refractivity contribution in [3.8, 4) is 0 Å². The molecule has 29 heavy (non-hydrogen) atoms. The fourth-order valence-electron chi connectivity index (χ4n) is 3.57. The lowest BCUT2D eigenvalue weighted by Gasteiger charge is -2.26. The molecule has 0 aliphatic carbocycles. The van der Waals surface area contributed by atoms with Crippen LogP contribution in [-0.4, -0.2) is 42.3 Å². The van der Waals surface area contributed by atoms with Crippen LogP contribution in [0.3, 0.4) is 0 Å². The van der Waals surface area contributed by atoms with E-state index in [1.54, 1.807) is 0 Å². The van der Waals surface area contributed by atoms with Crippen molar-refractivity contribution in [1.29, 1.82) is 0 Å². The molecule has 2 atom stereocenters. The first kappa shape index (κ1) is 22.4. The molecule has 0 aromatic heterocycles. The van der Waals surface area contributed by atoms with Gasteiger partial charge in [0.1, 0.15) is 0 Å². The van der Waals surface area contributed by atoms with Gasteiger partial charge in [-0.3, -0.25) is 4.79 Å². The van der Waals surface area contributed by atoms with Crippen LogP contribution in [0.5, 0.6) is 0 Å². The van der Waals surface area contributed by atoms with Gasteiger partial charge in [-0.05, 0) is 31.0 Å². The summed E-state index contributed by atoms with van der Waals surface area (Å²) in [6, 6.07) is 2.82. The quantitative estimate of drug-likeness (QED) is 0.655. The van der Waals surface area contributed by atoms with E-state index in [-0.39, 0.29) is 34.2 Å². The normalized spacial score (nSPS) is 25.1. The van der Waals surface area contributed by atoms with Gasteiger partial charge >= 0.3 is 6.18 Å². The summed E-state index contributed by atoms with van der Waals surface area (Å²) in [4.78, 5) is 18.1. The zero-order chi connectivity index (χ0) is 21.6. The molecule has 2 fully saturated rings. The average molecular weight is 469 g/mol. The molecule has 5 nitrogen and oxygen atoms in total. The van der Waals surface area contributed by atoms with E-state index in [2.05, 4.69) is 4.99 Å². The van der Waals surface area contributed by atoms with Gasteiger partial charge in [-0.2, -0.15) is 18.2 Å². The number of carbonyl (C=O) groups excluding carboxylic acids is 1. The third-order valence-corrected chi connectivity index (χ3v) is 8.68. The number of anilines is 1. The lowest BCUT2D eigenvalue weighted by molar-refractivity contribution is -0.137. The smallest absolute Gasteiger partial charge is 0.316 e. The Labute approximate surface area is 176 Å². The second-order valence-corrected chi connectivity index (χ2v) is 10.8. The van der Waals surface area contributed by atoms with Gasteiger partial charge in [0.05, 0.1) is 28.1 Å². The van der Waals surface area contributed by atoms with Gasteiger partial charge < -0.3 is 4.90 Å². The van der Waals surface area contributed by atoms with Crippen LogP contribution in [-0.2, 0) is 20.8 Å². The molecule has 2 aliphatic heterocycles. The van der Waals surface area contributed by atoms with Crippen molar-refractivity contribution >= 4 is 50.0 Å². The van der Waals surface area contributed by atoms with Gasteiger partial charge in [0, 0.05) is 16.9 Å². The number of sulfone groups is 1. The van der Waals surface area contributed by atoms with Crippen LogP contribution in [0.4, 0.5) is 18.9 Å². The van der Waals surface area contributed by atoms with E-state index < -0.39 is 37.9 Å². The van der Waals surface area contributed by atoms with E-state index in [9.17, 15) is 26.4 Å². The summed E-state index contributed by atoms with van der Waals surface area (Å²) in [5.41, 5.74) is -0.897. The second-order valence-electron chi connectivity index (χ2n) is 7.08. The number of rotatable bonds is 4. The SMILES string of the molecule is CCC(CC)C(=O)N=C1S[C@H]2CS(=O)(=O)C[C@H]2N1c1ccc(Cl)c(C(F)(F)F)c1. The van der Waals surface area contributed by atoms with Crippen molar-refractivity contribution in [2.45, 2.75) is 44.2 Å². The summed E-state index contributed by atoms with van der Waals surface area (Å²) in [6.07, 6.45) is -3.47. The molecule has 0 unspecified atom stereocenters. The molecule has 2 heterocycles. The van der Waals surface area contributed by atoms with Gasteiger partial charge in [-0.1, -0.05) is 37.2 Å². The highest BCUT2D eigenvalue weighted by Gasteiger charge is 2.50. The molecular formula is C18H20ClF3N2O3S2. The molecule has 1 aromatic carbocycles. The molecule has 0 bridgehead atoms. The minimum Gasteiger partial charge on any atom is -0.316 e. The van der Waals surface area contributed by atoms with E-state index in [1.807, 2.05) is 13.8 Å². The number of amidine groups is 1. The molecule has 2 saturated heterocycles. The number of aliphatic imine (C=N–C) groups is 1. The number of hydrogen-bond acceptors (Lipinski definition) is 4. The zero-order valence-corrected chi connectivity index (χ0v) is 18.1. The molecule has 3 rings (SSSR count).